The van der Waals surface area contributed by atoms with Gasteiger partial charge in [0.1, 0.15) is 66.5 Å². The van der Waals surface area contributed by atoms with E-state index in [-0.39, 0.29) is 25.8 Å². The molecular formula is C58H93N17O28. The number of rotatable bonds is 54. The predicted octanol–water partition coefficient (Wildman–Crippen LogP) is -9.23. The first-order chi connectivity index (χ1) is 48.0. The number of amides is 13. The minimum absolute atomic E-state index is 0.0131. The Morgan fingerprint density at radius 1 is 0.320 bits per heavy atom. The summed E-state index contributed by atoms with van der Waals surface area (Å²) in [5, 5.41) is 110. The summed E-state index contributed by atoms with van der Waals surface area (Å²) < 4.78 is 0. The molecule has 45 heteroatoms. The van der Waals surface area contributed by atoms with Crippen molar-refractivity contribution in [2.24, 2.45) is 28.9 Å². The average Bonchev–Trinajstić information content (AvgIpc) is 0.861. The van der Waals surface area contributed by atoms with E-state index in [1.807, 2.05) is 5.32 Å². The fourth-order valence-corrected chi connectivity index (χ4v) is 9.02. The lowest BCUT2D eigenvalue weighted by atomic mass is 10.0. The first kappa shape index (κ1) is 91.6. The summed E-state index contributed by atoms with van der Waals surface area (Å²) in [7, 11) is 0. The molecule has 0 fully saturated rings. The van der Waals surface area contributed by atoms with Crippen LogP contribution >= 0.6 is 0 Å². The Hall–Kier alpha value is -11.4. The zero-order valence-electron chi connectivity index (χ0n) is 56.4. The molecule has 0 saturated carbocycles. The molecule has 29 N–H and O–H groups in total. The zero-order chi connectivity index (χ0) is 79.0. The van der Waals surface area contributed by atoms with E-state index >= 15 is 0 Å². The van der Waals surface area contributed by atoms with Gasteiger partial charge in [-0.15, -0.1) is 0 Å². The predicted molar refractivity (Wildman–Crippen MR) is 346 cm³/mol. The summed E-state index contributed by atoms with van der Waals surface area (Å²) in [6, 6.07) is -22.0. The van der Waals surface area contributed by atoms with Crippen molar-refractivity contribution in [1.29, 1.82) is 5.41 Å². The topological polar surface area (TPSA) is 776 Å². The van der Waals surface area contributed by atoms with Gasteiger partial charge in [-0.1, -0.05) is 13.8 Å². The number of guanidine groups is 1. The molecule has 0 bridgehead atoms. The lowest BCUT2D eigenvalue weighted by Gasteiger charge is -2.28. The monoisotopic (exact) mass is 1480 g/mol. The van der Waals surface area contributed by atoms with Crippen LogP contribution in [0, 0.1) is 11.3 Å². The molecule has 0 aliphatic rings. The number of aliphatic hydroxyl groups excluding tert-OH is 1. The van der Waals surface area contributed by atoms with Crippen molar-refractivity contribution in [2.75, 3.05) is 13.2 Å². The molecule has 12 atom stereocenters. The molecule has 0 aromatic heterocycles. The van der Waals surface area contributed by atoms with Crippen LogP contribution in [-0.2, 0) is 95.9 Å². The Balaban J connectivity index is 7.10. The quantitative estimate of drug-likeness (QED) is 0.0153. The zero-order valence-corrected chi connectivity index (χ0v) is 56.4. The van der Waals surface area contributed by atoms with Gasteiger partial charge in [0, 0.05) is 57.9 Å². The van der Waals surface area contributed by atoms with Crippen molar-refractivity contribution in [3.63, 3.8) is 0 Å². The second-order valence-corrected chi connectivity index (χ2v) is 23.7. The lowest BCUT2D eigenvalue weighted by molar-refractivity contribution is -0.143. The van der Waals surface area contributed by atoms with Crippen molar-refractivity contribution in [2.45, 2.75) is 215 Å². The van der Waals surface area contributed by atoms with Crippen LogP contribution in [0.5, 0.6) is 0 Å². The highest BCUT2D eigenvalue weighted by Crippen LogP contribution is 2.13. The van der Waals surface area contributed by atoms with Crippen LogP contribution in [0.1, 0.15) is 143 Å². The van der Waals surface area contributed by atoms with E-state index in [4.69, 9.17) is 33.5 Å². The molecule has 103 heavy (non-hydrogen) atoms. The number of hydrogen-bond acceptors (Lipinski definition) is 23. The maximum absolute atomic E-state index is 14.2. The molecule has 0 rings (SSSR count). The van der Waals surface area contributed by atoms with Gasteiger partial charge in [0.05, 0.1) is 12.6 Å². The maximum Gasteiger partial charge on any atom is 0.326 e. The molecule has 0 aliphatic heterocycles. The first-order valence-electron chi connectivity index (χ1n) is 31.9. The smallest absolute Gasteiger partial charge is 0.326 e. The van der Waals surface area contributed by atoms with Gasteiger partial charge >= 0.3 is 41.8 Å². The highest BCUT2D eigenvalue weighted by atomic mass is 16.4. The van der Waals surface area contributed by atoms with Crippen LogP contribution in [0.15, 0.2) is 0 Å². The number of hydrogen-bond donors (Lipinski definition) is 25. The number of primary amides is 2. The van der Waals surface area contributed by atoms with E-state index in [1.54, 1.807) is 13.8 Å². The van der Waals surface area contributed by atoms with Crippen LogP contribution in [0.4, 0.5) is 0 Å². The van der Waals surface area contributed by atoms with Crippen molar-refractivity contribution < 1.29 is 137 Å². The molecule has 0 aromatic rings. The molecule has 0 spiro atoms. The number of carboxylic acids is 7. The maximum atomic E-state index is 14.2. The second kappa shape index (κ2) is 47.6. The number of aliphatic carboxylic acids is 7. The van der Waals surface area contributed by atoms with Crippen molar-refractivity contribution in [1.82, 2.24) is 63.8 Å². The van der Waals surface area contributed by atoms with Gasteiger partial charge in [-0.3, -0.25) is 96.5 Å². The second-order valence-electron chi connectivity index (χ2n) is 23.7. The van der Waals surface area contributed by atoms with E-state index in [2.05, 4.69) is 58.5 Å². The Morgan fingerprint density at radius 2 is 0.573 bits per heavy atom. The standard InChI is InChI=1S/C58H93N17O28/c1-25(2)23-36(74-53(98)29(7-14-38(60)77)68-49(94)30(9-17-41(81)82)67-47(92)27(59)6-16-40(79)80)55(100)72-33(12-20-44(87)88)52(97)70-31(10-18-42(83)84)50(95)69-32(11-19-43(85)86)51(96)71-34(13-21-45(89)90)54(99)75-37(24-76)56(101)65-26(3)46(91)66-28(5-4-22-64-58(62)63)48(93)73-35(57(102)103)8-15-39(61)78/h25-37,76H,4-24,59H2,1-3H3,(H2,60,77)(H2,61,78)(H,65,101)(H,66,91)(H,67,92)(H,68,94)(H,69,95)(H,70,97)(H,71,96)(H,72,100)(H,73,93)(H,74,98)(H,75,99)(H,79,80)(H,81,82)(H,83,84)(H,85,86)(H,87,88)(H,89,90)(H,102,103)(H4,62,63,64)/t26-,27-,28-,29-,30-,31-,32-,33-,34-,35-,36-,37-/m0/s1. The Labute approximate surface area is 586 Å². The largest absolute Gasteiger partial charge is 0.481 e. The third kappa shape index (κ3) is 39.8. The molecule has 0 unspecified atom stereocenters. The molecule has 45 nitrogen and oxygen atoms in total. The van der Waals surface area contributed by atoms with Crippen LogP contribution in [0.2, 0.25) is 0 Å². The number of carboxylic acid groups (broad SMARTS) is 7. The number of nitrogens with one attached hydrogen (secondary N) is 13. The van der Waals surface area contributed by atoms with E-state index in [0.717, 1.165) is 6.92 Å². The number of carbonyl (C=O) groups is 20. The Morgan fingerprint density at radius 3 is 0.874 bits per heavy atom. The summed E-state index contributed by atoms with van der Waals surface area (Å²) in [5.74, 6) is -27.8. The van der Waals surface area contributed by atoms with Crippen molar-refractivity contribution in [3.05, 3.63) is 0 Å². The number of carbonyl (C=O) groups excluding carboxylic acids is 13. The Bertz CT molecular complexity index is 3080. The van der Waals surface area contributed by atoms with Gasteiger partial charge in [-0.2, -0.15) is 0 Å². The summed E-state index contributed by atoms with van der Waals surface area (Å²) >= 11 is 0. The van der Waals surface area contributed by atoms with Gasteiger partial charge in [-0.25, -0.2) is 4.79 Å². The molecule has 0 heterocycles. The van der Waals surface area contributed by atoms with E-state index < -0.39 is 312 Å². The fraction of sp³-hybridized carbons (Fsp3) is 0.638. The molecule has 13 amide bonds. The van der Waals surface area contributed by atoms with Gasteiger partial charge in [0.15, 0.2) is 5.96 Å². The molecule has 0 aromatic carbocycles. The molecule has 0 saturated heterocycles. The van der Waals surface area contributed by atoms with Crippen molar-refractivity contribution >= 4 is 125 Å². The first-order valence-corrected chi connectivity index (χ1v) is 31.9. The minimum Gasteiger partial charge on any atom is -0.481 e. The van der Waals surface area contributed by atoms with Gasteiger partial charge in [0.25, 0.3) is 0 Å². The molecule has 578 valence electrons. The van der Waals surface area contributed by atoms with Crippen LogP contribution in [0.25, 0.3) is 0 Å². The van der Waals surface area contributed by atoms with Gasteiger partial charge in [-0.05, 0) is 83.5 Å². The van der Waals surface area contributed by atoms with Crippen LogP contribution < -0.4 is 86.7 Å². The summed E-state index contributed by atoms with van der Waals surface area (Å²) in [4.78, 5) is 256. The minimum atomic E-state index is -2.10. The average molecular weight is 1480 g/mol. The molecule has 0 aliphatic carbocycles. The normalized spacial score (nSPS) is 14.3. The van der Waals surface area contributed by atoms with Crippen molar-refractivity contribution in [3.8, 4) is 0 Å². The van der Waals surface area contributed by atoms with Gasteiger partial charge < -0.3 is 128 Å². The summed E-state index contributed by atoms with van der Waals surface area (Å²) in [6.45, 7) is 2.84. The number of aliphatic hydroxyl groups is 1. The van der Waals surface area contributed by atoms with Crippen LogP contribution in [-0.4, -0.2) is 251 Å². The third-order valence-corrected chi connectivity index (χ3v) is 14.5. The molecule has 0 radical (unpaired) electrons. The molecular weight excluding hydrogens is 1380 g/mol. The van der Waals surface area contributed by atoms with E-state index in [9.17, 15) is 132 Å². The SMILES string of the molecule is CC(C)C[C@H](NC(=O)[C@H](CCC(N)=O)NC(=O)[C@H](CCC(=O)O)NC(=O)[C@@H](N)CCC(=O)O)C(=O)N[C@@H](CCC(=O)O)C(=O)N[C@@H](CCC(=O)O)C(=O)N[C@@H](CCC(=O)O)C(=O)N[C@@H](CCC(=O)O)C(=O)N[C@@H](CO)C(=O)N[C@@H](C)C(=O)N[C@@H](CCCNC(=N)N)C(=O)N[C@@H](CCC(N)=O)C(=O)O. The van der Waals surface area contributed by atoms with E-state index in [0.29, 0.717) is 0 Å². The lowest BCUT2D eigenvalue weighted by Crippen LogP contribution is -2.61. The fourth-order valence-electron chi connectivity index (χ4n) is 9.02. The highest BCUT2D eigenvalue weighted by molar-refractivity contribution is 6.00. The summed E-state index contributed by atoms with van der Waals surface area (Å²) in [6.07, 6.45) is -12.3. The highest BCUT2D eigenvalue weighted by Gasteiger charge is 2.38. The summed E-state index contributed by atoms with van der Waals surface area (Å²) in [5.41, 5.74) is 21.5. The van der Waals surface area contributed by atoms with Gasteiger partial charge in [0.2, 0.25) is 76.8 Å². The third-order valence-electron chi connectivity index (χ3n) is 14.5. The number of nitrogens with two attached hydrogens (primary N) is 4. The Kier molecular flexibility index (Phi) is 42.3. The van der Waals surface area contributed by atoms with Crippen LogP contribution in [0.3, 0.4) is 0 Å². The van der Waals surface area contributed by atoms with E-state index in [1.165, 1.54) is 0 Å².